The smallest absolute Gasteiger partial charge is 0.330 e. The van der Waals surface area contributed by atoms with Crippen LogP contribution >= 0.6 is 0 Å². The van der Waals surface area contributed by atoms with Gasteiger partial charge < -0.3 is 5.11 Å². The zero-order valence-electron chi connectivity index (χ0n) is 8.91. The lowest BCUT2D eigenvalue weighted by molar-refractivity contribution is -0.141. The Bertz CT molecular complexity index is 537. The van der Waals surface area contributed by atoms with Gasteiger partial charge in [-0.1, -0.05) is 0 Å². The van der Waals surface area contributed by atoms with Crippen LogP contribution in [-0.4, -0.2) is 31.3 Å². The molecule has 1 unspecified atom stereocenters. The maximum absolute atomic E-state index is 12.7. The van der Waals surface area contributed by atoms with Crippen molar-refractivity contribution in [3.8, 4) is 11.4 Å². The van der Waals surface area contributed by atoms with Gasteiger partial charge in [0.05, 0.1) is 0 Å². The lowest BCUT2D eigenvalue weighted by atomic mass is 10.2. The van der Waals surface area contributed by atoms with Crippen LogP contribution < -0.4 is 0 Å². The lowest BCUT2D eigenvalue weighted by Gasteiger charge is -2.01. The fraction of sp³-hybridized carbons (Fsp3) is 0.200. The van der Waals surface area contributed by atoms with E-state index in [1.54, 1.807) is 0 Å². The molecule has 0 radical (unpaired) electrons. The Morgan fingerprint density at radius 3 is 2.65 bits per heavy atom. The van der Waals surface area contributed by atoms with E-state index in [4.69, 9.17) is 5.11 Å². The van der Waals surface area contributed by atoms with E-state index in [2.05, 4.69) is 15.4 Å². The third-order valence-electron chi connectivity index (χ3n) is 2.23. The molecule has 7 heteroatoms. The Labute approximate surface area is 95.7 Å². The first kappa shape index (κ1) is 11.2. The molecule has 88 valence electrons. The summed E-state index contributed by atoms with van der Waals surface area (Å²) in [6.07, 6.45) is 0. The number of benzene rings is 1. The Kier molecular flexibility index (Phi) is 2.82. The zero-order chi connectivity index (χ0) is 12.4. The van der Waals surface area contributed by atoms with Crippen LogP contribution in [0.5, 0.6) is 0 Å². The number of rotatable bonds is 3. The van der Waals surface area contributed by atoms with Crippen LogP contribution in [0.2, 0.25) is 0 Å². The largest absolute Gasteiger partial charge is 0.480 e. The molecule has 17 heavy (non-hydrogen) atoms. The number of nitrogens with zero attached hydrogens (tertiary/aromatic N) is 4. The molecule has 0 spiro atoms. The first-order chi connectivity index (χ1) is 8.08. The van der Waals surface area contributed by atoms with E-state index in [1.165, 1.54) is 31.2 Å². The van der Waals surface area contributed by atoms with Crippen molar-refractivity contribution >= 4 is 5.97 Å². The molecule has 0 amide bonds. The van der Waals surface area contributed by atoms with Gasteiger partial charge in [-0.3, -0.25) is 0 Å². The fourth-order valence-electron chi connectivity index (χ4n) is 1.20. The minimum atomic E-state index is -1.05. The van der Waals surface area contributed by atoms with E-state index < -0.39 is 12.0 Å². The third-order valence-corrected chi connectivity index (χ3v) is 2.23. The number of carbonyl (C=O) groups is 1. The molecule has 1 aromatic carbocycles. The molecule has 0 aliphatic carbocycles. The van der Waals surface area contributed by atoms with Gasteiger partial charge in [-0.05, 0) is 36.4 Å². The van der Waals surface area contributed by atoms with E-state index in [0.29, 0.717) is 5.56 Å². The molecule has 1 heterocycles. The van der Waals surface area contributed by atoms with Gasteiger partial charge >= 0.3 is 5.97 Å². The summed E-state index contributed by atoms with van der Waals surface area (Å²) in [5, 5.41) is 20.0. The average molecular weight is 236 g/mol. The van der Waals surface area contributed by atoms with Crippen LogP contribution in [0.15, 0.2) is 24.3 Å². The molecule has 1 aromatic heterocycles. The summed E-state index contributed by atoms with van der Waals surface area (Å²) in [5.41, 5.74) is 0.579. The van der Waals surface area contributed by atoms with Crippen molar-refractivity contribution in [3.05, 3.63) is 30.1 Å². The highest BCUT2D eigenvalue weighted by Crippen LogP contribution is 2.14. The number of hydrogen-bond donors (Lipinski definition) is 1. The predicted octanol–water partition coefficient (Wildman–Crippen LogP) is 1.12. The van der Waals surface area contributed by atoms with E-state index in [9.17, 15) is 9.18 Å². The minimum absolute atomic E-state index is 0.262. The van der Waals surface area contributed by atoms with E-state index in [-0.39, 0.29) is 11.6 Å². The van der Waals surface area contributed by atoms with Crippen LogP contribution in [0.4, 0.5) is 4.39 Å². The molecular formula is C10H9FN4O2. The summed E-state index contributed by atoms with van der Waals surface area (Å²) in [4.78, 5) is 11.7. The van der Waals surface area contributed by atoms with Gasteiger partial charge in [0, 0.05) is 5.56 Å². The number of aliphatic carboxylic acids is 1. The van der Waals surface area contributed by atoms with Crippen molar-refractivity contribution in [2.24, 2.45) is 0 Å². The monoisotopic (exact) mass is 236 g/mol. The molecule has 2 rings (SSSR count). The topological polar surface area (TPSA) is 80.9 Å². The van der Waals surface area contributed by atoms with Crippen molar-refractivity contribution < 1.29 is 14.3 Å². The second-order valence-electron chi connectivity index (χ2n) is 3.45. The molecule has 0 saturated carbocycles. The predicted molar refractivity (Wildman–Crippen MR) is 55.6 cm³/mol. The van der Waals surface area contributed by atoms with Crippen molar-refractivity contribution in [2.75, 3.05) is 0 Å². The van der Waals surface area contributed by atoms with E-state index in [1.807, 2.05) is 0 Å². The lowest BCUT2D eigenvalue weighted by Crippen LogP contribution is -2.18. The van der Waals surface area contributed by atoms with Crippen LogP contribution in [0, 0.1) is 5.82 Å². The molecule has 0 saturated heterocycles. The van der Waals surface area contributed by atoms with Gasteiger partial charge in [-0.15, -0.1) is 15.0 Å². The summed E-state index contributed by atoms with van der Waals surface area (Å²) in [6.45, 7) is 1.44. The molecule has 0 bridgehead atoms. The third kappa shape index (κ3) is 2.27. The number of carboxylic acid groups (broad SMARTS) is 1. The maximum Gasteiger partial charge on any atom is 0.330 e. The highest BCUT2D eigenvalue weighted by atomic mass is 19.1. The standard InChI is InChI=1S/C10H9FN4O2/c1-6(10(16)17)15-13-9(12-14-15)7-2-4-8(11)5-3-7/h2-6H,1H3,(H,16,17). The summed E-state index contributed by atoms with van der Waals surface area (Å²) >= 11 is 0. The number of aromatic nitrogens is 4. The summed E-state index contributed by atoms with van der Waals surface area (Å²) in [6, 6.07) is 4.66. The van der Waals surface area contributed by atoms with Crippen molar-refractivity contribution in [3.63, 3.8) is 0 Å². The van der Waals surface area contributed by atoms with Crippen LogP contribution in [0.25, 0.3) is 11.4 Å². The molecule has 1 N–H and O–H groups in total. The molecule has 0 aliphatic rings. The van der Waals surface area contributed by atoms with Crippen LogP contribution in [0.1, 0.15) is 13.0 Å². The number of carboxylic acids is 1. The molecule has 6 nitrogen and oxygen atoms in total. The highest BCUT2D eigenvalue weighted by molar-refractivity contribution is 5.71. The van der Waals surface area contributed by atoms with Crippen LogP contribution in [0.3, 0.4) is 0 Å². The first-order valence-electron chi connectivity index (χ1n) is 4.86. The number of tetrazole rings is 1. The molecule has 0 fully saturated rings. The summed E-state index contributed by atoms with van der Waals surface area (Å²) in [5.74, 6) is -1.15. The van der Waals surface area contributed by atoms with Crippen molar-refractivity contribution in [2.45, 2.75) is 13.0 Å². The Balaban J connectivity index is 2.29. The van der Waals surface area contributed by atoms with Crippen LogP contribution in [-0.2, 0) is 4.79 Å². The molecule has 0 aliphatic heterocycles. The zero-order valence-corrected chi connectivity index (χ0v) is 8.91. The summed E-state index contributed by atoms with van der Waals surface area (Å²) < 4.78 is 12.7. The van der Waals surface area contributed by atoms with Gasteiger partial charge in [-0.2, -0.15) is 0 Å². The number of halogens is 1. The SMILES string of the molecule is CC(C(=O)O)n1nnc(-c2ccc(F)cc2)n1. The van der Waals surface area contributed by atoms with Crippen molar-refractivity contribution in [1.29, 1.82) is 0 Å². The van der Waals surface area contributed by atoms with Gasteiger partial charge in [0.15, 0.2) is 6.04 Å². The summed E-state index contributed by atoms with van der Waals surface area (Å²) in [7, 11) is 0. The normalized spacial score (nSPS) is 12.4. The Hall–Kier alpha value is -2.31. The average Bonchev–Trinajstić information content (AvgIpc) is 2.78. The number of hydrogen-bond acceptors (Lipinski definition) is 4. The van der Waals surface area contributed by atoms with E-state index >= 15 is 0 Å². The van der Waals surface area contributed by atoms with Gasteiger partial charge in [-0.25, -0.2) is 9.18 Å². The fourth-order valence-corrected chi connectivity index (χ4v) is 1.20. The molecule has 2 aromatic rings. The quantitative estimate of drug-likeness (QED) is 0.863. The van der Waals surface area contributed by atoms with Gasteiger partial charge in [0.25, 0.3) is 0 Å². The first-order valence-corrected chi connectivity index (χ1v) is 4.86. The molecule has 1 atom stereocenters. The second-order valence-corrected chi connectivity index (χ2v) is 3.45. The molecular weight excluding hydrogens is 227 g/mol. The van der Waals surface area contributed by atoms with E-state index in [0.717, 1.165) is 4.80 Å². The van der Waals surface area contributed by atoms with Gasteiger partial charge in [0.2, 0.25) is 5.82 Å². The Morgan fingerprint density at radius 2 is 2.06 bits per heavy atom. The highest BCUT2D eigenvalue weighted by Gasteiger charge is 2.17. The Morgan fingerprint density at radius 1 is 1.41 bits per heavy atom. The van der Waals surface area contributed by atoms with Crippen molar-refractivity contribution in [1.82, 2.24) is 20.2 Å². The second kappa shape index (κ2) is 4.28. The maximum atomic E-state index is 12.7. The van der Waals surface area contributed by atoms with Gasteiger partial charge in [0.1, 0.15) is 5.82 Å². The minimum Gasteiger partial charge on any atom is -0.480 e.